The van der Waals surface area contributed by atoms with Crippen LogP contribution in [0.1, 0.15) is 17.1 Å². The second kappa shape index (κ2) is 5.53. The molecule has 0 radical (unpaired) electrons. The second-order valence-electron chi connectivity index (χ2n) is 5.04. The van der Waals surface area contributed by atoms with Gasteiger partial charge in [0.2, 0.25) is 0 Å². The highest BCUT2D eigenvalue weighted by molar-refractivity contribution is 5.38. The quantitative estimate of drug-likeness (QED) is 0.690. The van der Waals surface area contributed by atoms with Gasteiger partial charge in [-0.1, -0.05) is 0 Å². The Morgan fingerprint density at radius 3 is 2.61 bits per heavy atom. The number of hydrogen-bond donors (Lipinski definition) is 0. The number of halogens is 4. The van der Waals surface area contributed by atoms with Crippen molar-refractivity contribution < 1.29 is 17.6 Å². The Morgan fingerprint density at radius 1 is 1.17 bits per heavy atom. The van der Waals surface area contributed by atoms with Gasteiger partial charge in [-0.15, -0.1) is 0 Å². The van der Waals surface area contributed by atoms with E-state index in [1.165, 1.54) is 17.0 Å². The van der Waals surface area contributed by atoms with Crippen LogP contribution in [0.5, 0.6) is 0 Å². The fourth-order valence-corrected chi connectivity index (χ4v) is 2.22. The molecule has 2 aromatic heterocycles. The first-order valence-electron chi connectivity index (χ1n) is 6.72. The standard InChI is InChI=1S/C15H12F4N4/c1-10-20-4-5-22(10)7-11-8-23(9-21-11)12-2-3-14(16)13(6-12)15(17,18)19/h2-6,8-9H,7H2,1H3. The zero-order valence-electron chi connectivity index (χ0n) is 12.0. The molecule has 0 saturated heterocycles. The van der Waals surface area contributed by atoms with Crippen molar-refractivity contribution in [1.29, 1.82) is 0 Å². The van der Waals surface area contributed by atoms with Crippen molar-refractivity contribution in [2.24, 2.45) is 0 Å². The van der Waals surface area contributed by atoms with Gasteiger partial charge in [-0.25, -0.2) is 14.4 Å². The smallest absolute Gasteiger partial charge is 0.329 e. The van der Waals surface area contributed by atoms with Crippen LogP contribution < -0.4 is 0 Å². The Balaban J connectivity index is 1.90. The predicted molar refractivity (Wildman–Crippen MR) is 74.6 cm³/mol. The maximum absolute atomic E-state index is 13.3. The van der Waals surface area contributed by atoms with E-state index in [1.54, 1.807) is 18.6 Å². The van der Waals surface area contributed by atoms with Gasteiger partial charge in [0, 0.05) is 24.3 Å². The van der Waals surface area contributed by atoms with Crippen LogP contribution in [-0.4, -0.2) is 19.1 Å². The van der Waals surface area contributed by atoms with E-state index in [2.05, 4.69) is 9.97 Å². The molecule has 0 spiro atoms. The summed E-state index contributed by atoms with van der Waals surface area (Å²) >= 11 is 0. The summed E-state index contributed by atoms with van der Waals surface area (Å²) in [5.41, 5.74) is -0.445. The molecule has 1 aromatic carbocycles. The van der Waals surface area contributed by atoms with Crippen molar-refractivity contribution in [3.8, 4) is 5.69 Å². The highest BCUT2D eigenvalue weighted by Gasteiger charge is 2.34. The van der Waals surface area contributed by atoms with Crippen LogP contribution in [0.15, 0.2) is 43.1 Å². The second-order valence-corrected chi connectivity index (χ2v) is 5.04. The molecule has 4 nitrogen and oxygen atoms in total. The number of hydrogen-bond acceptors (Lipinski definition) is 2. The van der Waals surface area contributed by atoms with Gasteiger partial charge in [-0.05, 0) is 25.1 Å². The zero-order chi connectivity index (χ0) is 16.6. The molecule has 2 heterocycles. The lowest BCUT2D eigenvalue weighted by atomic mass is 10.2. The van der Waals surface area contributed by atoms with Gasteiger partial charge in [0.25, 0.3) is 0 Å². The third-order valence-corrected chi connectivity index (χ3v) is 3.45. The van der Waals surface area contributed by atoms with Crippen molar-refractivity contribution >= 4 is 0 Å². The van der Waals surface area contributed by atoms with Gasteiger partial charge in [0.05, 0.1) is 24.1 Å². The van der Waals surface area contributed by atoms with Crippen LogP contribution in [0.3, 0.4) is 0 Å². The maximum Gasteiger partial charge on any atom is 0.419 e. The summed E-state index contributed by atoms with van der Waals surface area (Å²) in [7, 11) is 0. The minimum absolute atomic E-state index is 0.194. The van der Waals surface area contributed by atoms with Crippen molar-refractivity contribution in [2.45, 2.75) is 19.6 Å². The lowest BCUT2D eigenvalue weighted by Gasteiger charge is -2.10. The summed E-state index contributed by atoms with van der Waals surface area (Å²) in [4.78, 5) is 8.25. The minimum Gasteiger partial charge on any atom is -0.329 e. The molecule has 120 valence electrons. The number of alkyl halides is 3. The first kappa shape index (κ1) is 15.3. The molecule has 0 aliphatic heterocycles. The van der Waals surface area contributed by atoms with E-state index in [9.17, 15) is 17.6 Å². The van der Waals surface area contributed by atoms with E-state index in [0.29, 0.717) is 12.2 Å². The Labute approximate surface area is 129 Å². The lowest BCUT2D eigenvalue weighted by Crippen LogP contribution is -2.09. The van der Waals surface area contributed by atoms with Crippen LogP contribution in [-0.2, 0) is 12.7 Å². The highest BCUT2D eigenvalue weighted by atomic mass is 19.4. The molecule has 0 saturated carbocycles. The molecule has 0 unspecified atom stereocenters. The number of nitrogens with zero attached hydrogens (tertiary/aromatic N) is 4. The normalized spacial score (nSPS) is 11.9. The van der Waals surface area contributed by atoms with Crippen molar-refractivity contribution in [2.75, 3.05) is 0 Å². The largest absolute Gasteiger partial charge is 0.419 e. The molecule has 3 aromatic rings. The van der Waals surface area contributed by atoms with Gasteiger partial charge in [0.1, 0.15) is 11.6 Å². The summed E-state index contributed by atoms with van der Waals surface area (Å²) in [5, 5.41) is 0. The average Bonchev–Trinajstić information content (AvgIpc) is 3.09. The summed E-state index contributed by atoms with van der Waals surface area (Å²) in [6.07, 6.45) is 1.70. The fourth-order valence-electron chi connectivity index (χ4n) is 2.22. The Bertz CT molecular complexity index is 832. The summed E-state index contributed by atoms with van der Waals surface area (Å²) < 4.78 is 54.9. The number of imidazole rings is 2. The molecular formula is C15H12F4N4. The summed E-state index contributed by atoms with van der Waals surface area (Å²) in [6.45, 7) is 2.29. The van der Waals surface area contributed by atoms with E-state index in [4.69, 9.17) is 0 Å². The minimum atomic E-state index is -4.74. The van der Waals surface area contributed by atoms with Gasteiger partial charge < -0.3 is 9.13 Å². The lowest BCUT2D eigenvalue weighted by molar-refractivity contribution is -0.140. The van der Waals surface area contributed by atoms with Gasteiger partial charge in [-0.2, -0.15) is 13.2 Å². The van der Waals surface area contributed by atoms with Crippen molar-refractivity contribution in [3.63, 3.8) is 0 Å². The molecule has 3 rings (SSSR count). The van der Waals surface area contributed by atoms with E-state index >= 15 is 0 Å². The molecule has 0 aliphatic rings. The summed E-state index contributed by atoms with van der Waals surface area (Å²) in [5.74, 6) is -0.490. The van der Waals surface area contributed by atoms with E-state index < -0.39 is 17.6 Å². The molecule has 8 heteroatoms. The van der Waals surface area contributed by atoms with Crippen molar-refractivity contribution in [3.05, 3.63) is 66.0 Å². The zero-order valence-corrected chi connectivity index (χ0v) is 12.0. The molecule has 0 fully saturated rings. The molecule has 0 amide bonds. The van der Waals surface area contributed by atoms with Crippen LogP contribution in [0.4, 0.5) is 17.6 Å². The molecule has 23 heavy (non-hydrogen) atoms. The van der Waals surface area contributed by atoms with Gasteiger partial charge in [-0.3, -0.25) is 0 Å². The van der Waals surface area contributed by atoms with Crippen LogP contribution in [0.2, 0.25) is 0 Å². The van der Waals surface area contributed by atoms with Crippen molar-refractivity contribution in [1.82, 2.24) is 19.1 Å². The topological polar surface area (TPSA) is 35.6 Å². The number of benzene rings is 1. The van der Waals surface area contributed by atoms with Crippen LogP contribution in [0, 0.1) is 12.7 Å². The first-order chi connectivity index (χ1) is 10.8. The van der Waals surface area contributed by atoms with Crippen LogP contribution >= 0.6 is 0 Å². The molecule has 0 bridgehead atoms. The van der Waals surface area contributed by atoms with Crippen LogP contribution in [0.25, 0.3) is 5.69 Å². The monoisotopic (exact) mass is 324 g/mol. The first-order valence-corrected chi connectivity index (χ1v) is 6.72. The number of rotatable bonds is 3. The molecule has 0 aliphatic carbocycles. The molecule has 0 atom stereocenters. The Hall–Kier alpha value is -2.64. The third-order valence-electron chi connectivity index (χ3n) is 3.45. The third kappa shape index (κ3) is 3.10. The fraction of sp³-hybridized carbons (Fsp3) is 0.200. The van der Waals surface area contributed by atoms with Gasteiger partial charge in [0.15, 0.2) is 0 Å². The SMILES string of the molecule is Cc1nccn1Cc1cn(-c2ccc(F)c(C(F)(F)F)c2)cn1. The summed E-state index contributed by atoms with van der Waals surface area (Å²) in [6, 6.07) is 2.85. The van der Waals surface area contributed by atoms with Gasteiger partial charge >= 0.3 is 6.18 Å². The molecule has 0 N–H and O–H groups in total. The predicted octanol–water partition coefficient (Wildman–Crippen LogP) is 3.58. The maximum atomic E-state index is 13.3. The Kier molecular flexibility index (Phi) is 3.67. The van der Waals surface area contributed by atoms with E-state index in [-0.39, 0.29) is 5.69 Å². The molecular weight excluding hydrogens is 312 g/mol. The number of aryl methyl sites for hydroxylation is 1. The van der Waals surface area contributed by atoms with E-state index in [1.807, 2.05) is 11.5 Å². The highest BCUT2D eigenvalue weighted by Crippen LogP contribution is 2.32. The Morgan fingerprint density at radius 2 is 1.96 bits per heavy atom. The van der Waals surface area contributed by atoms with E-state index in [0.717, 1.165) is 18.0 Å². The number of aromatic nitrogens is 4. The average molecular weight is 324 g/mol.